The summed E-state index contributed by atoms with van der Waals surface area (Å²) in [4.78, 5) is 12.5. The van der Waals surface area contributed by atoms with E-state index in [0.717, 1.165) is 9.86 Å². The maximum Gasteiger partial charge on any atom is 0.291 e. The molecule has 1 heterocycles. The lowest BCUT2D eigenvalue weighted by molar-refractivity contribution is 0.0998. The summed E-state index contributed by atoms with van der Waals surface area (Å²) in [5.74, 6) is -0.242. The van der Waals surface area contributed by atoms with Gasteiger partial charge in [-0.05, 0) is 66.2 Å². The average Bonchev–Trinajstić information content (AvgIpc) is 3.00. The van der Waals surface area contributed by atoms with Crippen molar-refractivity contribution in [3.05, 3.63) is 58.8 Å². The molecule has 1 amide bonds. The number of anilines is 1. The third-order valence-corrected chi connectivity index (χ3v) is 5.83. The van der Waals surface area contributed by atoms with E-state index in [9.17, 15) is 13.2 Å². The van der Waals surface area contributed by atoms with Crippen LogP contribution in [0, 0.1) is 0 Å². The molecule has 0 unspecified atom stereocenters. The van der Waals surface area contributed by atoms with Gasteiger partial charge in [0.05, 0.1) is 9.37 Å². The second-order valence-electron chi connectivity index (χ2n) is 6.02. The minimum atomic E-state index is -3.57. The average molecular weight is 437 g/mol. The van der Waals surface area contributed by atoms with E-state index >= 15 is 0 Å². The normalized spacial score (nSPS) is 11.8. The third kappa shape index (κ3) is 3.98. The Hall–Kier alpha value is -2.16. The van der Waals surface area contributed by atoms with E-state index in [1.807, 2.05) is 18.2 Å². The molecule has 26 heavy (non-hydrogen) atoms. The molecule has 8 heteroatoms. The van der Waals surface area contributed by atoms with E-state index < -0.39 is 15.9 Å². The molecule has 3 rings (SSSR count). The first-order chi connectivity index (χ1) is 12.3. The van der Waals surface area contributed by atoms with Crippen LogP contribution in [0.15, 0.2) is 62.3 Å². The van der Waals surface area contributed by atoms with Crippen LogP contribution in [0.4, 0.5) is 5.69 Å². The molecule has 0 fully saturated rings. The second-order valence-corrected chi connectivity index (χ2v) is 8.59. The zero-order valence-corrected chi connectivity index (χ0v) is 16.5. The molecule has 0 aliphatic rings. The quantitative estimate of drug-likeness (QED) is 0.628. The lowest BCUT2D eigenvalue weighted by Crippen LogP contribution is -2.30. The molecule has 0 saturated carbocycles. The largest absolute Gasteiger partial charge is 0.450 e. The number of amides is 1. The lowest BCUT2D eigenvalue weighted by atomic mass is 10.2. The first-order valence-corrected chi connectivity index (χ1v) is 10.2. The Bertz CT molecular complexity index is 1060. The number of furan rings is 1. The highest BCUT2D eigenvalue weighted by molar-refractivity contribution is 9.10. The summed E-state index contributed by atoms with van der Waals surface area (Å²) in [7, 11) is -3.57. The van der Waals surface area contributed by atoms with Crippen molar-refractivity contribution in [3.63, 3.8) is 0 Å². The minimum Gasteiger partial charge on any atom is -0.450 e. The summed E-state index contributed by atoms with van der Waals surface area (Å²) in [5.41, 5.74) is 1.07. The van der Waals surface area contributed by atoms with Crippen LogP contribution >= 0.6 is 15.9 Å². The van der Waals surface area contributed by atoms with Gasteiger partial charge in [-0.25, -0.2) is 13.1 Å². The highest BCUT2D eigenvalue weighted by Gasteiger charge is 2.17. The lowest BCUT2D eigenvalue weighted by Gasteiger charge is -2.10. The molecule has 0 bridgehead atoms. The van der Waals surface area contributed by atoms with Crippen molar-refractivity contribution in [1.82, 2.24) is 4.72 Å². The van der Waals surface area contributed by atoms with Crippen molar-refractivity contribution in [2.24, 2.45) is 0 Å². The summed E-state index contributed by atoms with van der Waals surface area (Å²) in [5, 5.41) is 3.51. The molecular formula is C18H17BrN2O4S. The molecule has 0 saturated heterocycles. The molecule has 0 aliphatic carbocycles. The Morgan fingerprint density at radius 2 is 1.81 bits per heavy atom. The predicted molar refractivity (Wildman–Crippen MR) is 104 cm³/mol. The van der Waals surface area contributed by atoms with E-state index in [0.29, 0.717) is 11.3 Å². The topological polar surface area (TPSA) is 88.4 Å². The van der Waals surface area contributed by atoms with Crippen LogP contribution in [-0.4, -0.2) is 20.4 Å². The van der Waals surface area contributed by atoms with Gasteiger partial charge in [-0.1, -0.05) is 12.1 Å². The van der Waals surface area contributed by atoms with E-state index in [1.54, 1.807) is 19.9 Å². The fourth-order valence-electron chi connectivity index (χ4n) is 2.43. The van der Waals surface area contributed by atoms with Gasteiger partial charge < -0.3 is 9.73 Å². The molecule has 0 atom stereocenters. The number of carbonyl (C=O) groups is 1. The zero-order valence-electron chi connectivity index (χ0n) is 14.1. The Kier molecular flexibility index (Phi) is 5.17. The first kappa shape index (κ1) is 18.6. The van der Waals surface area contributed by atoms with E-state index in [-0.39, 0.29) is 16.7 Å². The Morgan fingerprint density at radius 3 is 2.42 bits per heavy atom. The van der Waals surface area contributed by atoms with E-state index in [1.165, 1.54) is 24.3 Å². The number of halogens is 1. The molecule has 6 nitrogen and oxygen atoms in total. The third-order valence-electron chi connectivity index (χ3n) is 3.53. The summed E-state index contributed by atoms with van der Waals surface area (Å²) >= 11 is 3.38. The van der Waals surface area contributed by atoms with Gasteiger partial charge in [0.15, 0.2) is 5.76 Å². The molecule has 1 aromatic heterocycles. The summed E-state index contributed by atoms with van der Waals surface area (Å²) in [6.07, 6.45) is 0. The van der Waals surface area contributed by atoms with Crippen LogP contribution in [0.3, 0.4) is 0 Å². The number of carbonyl (C=O) groups excluding carboxylic acids is 1. The maximum atomic E-state index is 12.4. The minimum absolute atomic E-state index is 0.136. The van der Waals surface area contributed by atoms with Gasteiger partial charge in [0, 0.05) is 17.1 Å². The number of hydrogen-bond donors (Lipinski definition) is 2. The van der Waals surface area contributed by atoms with Crippen LogP contribution < -0.4 is 10.0 Å². The smallest absolute Gasteiger partial charge is 0.291 e. The number of para-hydroxylation sites is 1. The molecule has 2 aromatic carbocycles. The molecule has 0 spiro atoms. The molecule has 0 aliphatic heterocycles. The molecule has 136 valence electrons. The van der Waals surface area contributed by atoms with Crippen LogP contribution in [0.2, 0.25) is 0 Å². The van der Waals surface area contributed by atoms with Gasteiger partial charge in [-0.2, -0.15) is 0 Å². The van der Waals surface area contributed by atoms with Gasteiger partial charge in [0.25, 0.3) is 5.91 Å². The fourth-order valence-corrected chi connectivity index (χ4v) is 4.14. The van der Waals surface area contributed by atoms with Crippen LogP contribution in [-0.2, 0) is 10.0 Å². The molecule has 0 radical (unpaired) electrons. The van der Waals surface area contributed by atoms with E-state index in [2.05, 4.69) is 26.0 Å². The Labute approximate surface area is 159 Å². The van der Waals surface area contributed by atoms with E-state index in [4.69, 9.17) is 4.42 Å². The predicted octanol–water partition coefficient (Wildman–Crippen LogP) is 4.13. The highest BCUT2D eigenvalue weighted by Crippen LogP contribution is 2.27. The van der Waals surface area contributed by atoms with Gasteiger partial charge in [-0.15, -0.1) is 0 Å². The zero-order chi connectivity index (χ0) is 18.9. The van der Waals surface area contributed by atoms with Crippen molar-refractivity contribution in [2.75, 3.05) is 5.32 Å². The number of nitrogens with one attached hydrogen (secondary N) is 2. The van der Waals surface area contributed by atoms with Crippen LogP contribution in [0.1, 0.15) is 24.4 Å². The van der Waals surface area contributed by atoms with Crippen LogP contribution in [0.5, 0.6) is 0 Å². The van der Waals surface area contributed by atoms with Gasteiger partial charge in [0.1, 0.15) is 5.58 Å². The SMILES string of the molecule is CC(C)NS(=O)(=O)c1ccc(NC(=O)c2cc3cccc(Br)c3o2)cc1. The summed E-state index contributed by atoms with van der Waals surface area (Å²) in [6, 6.07) is 12.9. The number of rotatable bonds is 5. The Morgan fingerprint density at radius 1 is 1.12 bits per heavy atom. The summed E-state index contributed by atoms with van der Waals surface area (Å²) in [6.45, 7) is 3.50. The van der Waals surface area contributed by atoms with Crippen molar-refractivity contribution in [3.8, 4) is 0 Å². The van der Waals surface area contributed by atoms with Crippen molar-refractivity contribution in [1.29, 1.82) is 0 Å². The molecular weight excluding hydrogens is 420 g/mol. The standard InChI is InChI=1S/C18H17BrN2O4S/c1-11(2)21-26(23,24)14-8-6-13(7-9-14)20-18(22)16-10-12-4-3-5-15(19)17(12)25-16/h3-11,21H,1-2H3,(H,20,22). The number of fused-ring (bicyclic) bond motifs is 1. The number of sulfonamides is 1. The van der Waals surface area contributed by atoms with Gasteiger partial charge in [-0.3, -0.25) is 4.79 Å². The van der Waals surface area contributed by atoms with Gasteiger partial charge in [0.2, 0.25) is 10.0 Å². The highest BCUT2D eigenvalue weighted by atomic mass is 79.9. The molecule has 3 aromatic rings. The van der Waals surface area contributed by atoms with Crippen molar-refractivity contribution >= 4 is 48.5 Å². The number of benzene rings is 2. The fraction of sp³-hybridized carbons (Fsp3) is 0.167. The summed E-state index contributed by atoms with van der Waals surface area (Å²) < 4.78 is 33.1. The van der Waals surface area contributed by atoms with Crippen molar-refractivity contribution in [2.45, 2.75) is 24.8 Å². The number of hydrogen-bond acceptors (Lipinski definition) is 4. The van der Waals surface area contributed by atoms with Crippen molar-refractivity contribution < 1.29 is 17.6 Å². The van der Waals surface area contributed by atoms with Gasteiger partial charge >= 0.3 is 0 Å². The monoisotopic (exact) mass is 436 g/mol. The Balaban J connectivity index is 1.78. The molecule has 2 N–H and O–H groups in total. The maximum absolute atomic E-state index is 12.4. The first-order valence-electron chi connectivity index (χ1n) is 7.88. The van der Waals surface area contributed by atoms with Crippen LogP contribution in [0.25, 0.3) is 11.0 Å². The second kappa shape index (κ2) is 7.22.